The van der Waals surface area contributed by atoms with Gasteiger partial charge in [0, 0.05) is 65.4 Å². The van der Waals surface area contributed by atoms with Crippen molar-refractivity contribution in [3.05, 3.63) is 0 Å². The maximum absolute atomic E-state index is 11.5. The van der Waals surface area contributed by atoms with Gasteiger partial charge < -0.3 is 4.74 Å². The van der Waals surface area contributed by atoms with Crippen LogP contribution in [0.25, 0.3) is 0 Å². The standard InChI is InChI=1S/C16H31N3O2.3C2H6/c1-3-16(20)14-18-6-4-15(5-7-18)19-10-8-17(9-11-19)12-13-21-2;3*1-2/h15H,3-14H2,1-2H3;3*1-2H3. The molecule has 0 amide bonds. The molecule has 0 spiro atoms. The van der Waals surface area contributed by atoms with Gasteiger partial charge in [-0.2, -0.15) is 0 Å². The molecule has 2 heterocycles. The molecule has 0 aromatic carbocycles. The van der Waals surface area contributed by atoms with Crippen LogP contribution in [0.15, 0.2) is 0 Å². The zero-order valence-electron chi connectivity index (χ0n) is 19.7. The quantitative estimate of drug-likeness (QED) is 0.664. The van der Waals surface area contributed by atoms with E-state index in [4.69, 9.17) is 4.74 Å². The number of piperidine rings is 1. The first-order valence-corrected chi connectivity index (χ1v) is 11.4. The van der Waals surface area contributed by atoms with Gasteiger partial charge in [0.1, 0.15) is 5.78 Å². The lowest BCUT2D eigenvalue weighted by Crippen LogP contribution is -2.53. The number of hydrogen-bond donors (Lipinski definition) is 0. The SMILES string of the molecule is CC.CC.CC.CCC(=O)CN1CCC(N2CCN(CCOC)CC2)CC1. The average Bonchev–Trinajstić information content (AvgIpc) is 2.77. The van der Waals surface area contributed by atoms with Crippen LogP contribution >= 0.6 is 0 Å². The van der Waals surface area contributed by atoms with Crippen LogP contribution in [0.4, 0.5) is 0 Å². The molecular formula is C22H49N3O2. The van der Waals surface area contributed by atoms with Crippen molar-refractivity contribution in [2.45, 2.75) is 73.8 Å². The second kappa shape index (κ2) is 20.2. The third kappa shape index (κ3) is 12.6. The highest BCUT2D eigenvalue weighted by Crippen LogP contribution is 2.18. The summed E-state index contributed by atoms with van der Waals surface area (Å²) in [5.74, 6) is 0.375. The van der Waals surface area contributed by atoms with Crippen LogP contribution in [0.1, 0.15) is 67.7 Å². The number of hydrogen-bond acceptors (Lipinski definition) is 5. The van der Waals surface area contributed by atoms with Crippen molar-refractivity contribution < 1.29 is 9.53 Å². The molecular weight excluding hydrogens is 338 g/mol. The summed E-state index contributed by atoms with van der Waals surface area (Å²) in [6.07, 6.45) is 3.10. The van der Waals surface area contributed by atoms with E-state index in [9.17, 15) is 4.79 Å². The molecule has 0 atom stereocenters. The first kappa shape index (κ1) is 28.7. The van der Waals surface area contributed by atoms with Crippen LogP contribution in [-0.2, 0) is 9.53 Å². The molecule has 2 rings (SSSR count). The molecule has 0 aromatic rings. The highest BCUT2D eigenvalue weighted by atomic mass is 16.5. The lowest BCUT2D eigenvalue weighted by atomic mass is 10.0. The first-order chi connectivity index (χ1) is 13.2. The summed E-state index contributed by atoms with van der Waals surface area (Å²) >= 11 is 0. The maximum atomic E-state index is 11.5. The van der Waals surface area contributed by atoms with Gasteiger partial charge in [0.05, 0.1) is 13.2 Å². The van der Waals surface area contributed by atoms with Crippen LogP contribution < -0.4 is 0 Å². The van der Waals surface area contributed by atoms with Crippen LogP contribution in [0.2, 0.25) is 0 Å². The van der Waals surface area contributed by atoms with E-state index >= 15 is 0 Å². The highest BCUT2D eigenvalue weighted by Gasteiger charge is 2.27. The maximum Gasteiger partial charge on any atom is 0.146 e. The number of Topliss-reactive ketones (excluding diaryl/α,β-unsaturated/α-hetero) is 1. The lowest BCUT2D eigenvalue weighted by Gasteiger charge is -2.42. The summed E-state index contributed by atoms with van der Waals surface area (Å²) < 4.78 is 5.15. The van der Waals surface area contributed by atoms with Gasteiger partial charge in [-0.1, -0.05) is 48.5 Å². The van der Waals surface area contributed by atoms with Gasteiger partial charge in [-0.3, -0.25) is 19.5 Å². The molecule has 5 heteroatoms. The molecule has 0 unspecified atom stereocenters. The molecule has 0 radical (unpaired) electrons. The lowest BCUT2D eigenvalue weighted by molar-refractivity contribution is -0.120. The fourth-order valence-corrected chi connectivity index (χ4v) is 3.38. The Labute approximate surface area is 170 Å². The second-order valence-corrected chi connectivity index (χ2v) is 6.27. The number of nitrogens with zero attached hydrogens (tertiary/aromatic N) is 3. The van der Waals surface area contributed by atoms with Gasteiger partial charge in [0.15, 0.2) is 0 Å². The average molecular weight is 388 g/mol. The Balaban J connectivity index is 0. The zero-order chi connectivity index (χ0) is 21.1. The summed E-state index contributed by atoms with van der Waals surface area (Å²) in [7, 11) is 1.77. The molecule has 0 N–H and O–H groups in total. The summed E-state index contributed by atoms with van der Waals surface area (Å²) in [5, 5.41) is 0. The van der Waals surface area contributed by atoms with Crippen LogP contribution in [0.5, 0.6) is 0 Å². The van der Waals surface area contributed by atoms with Crippen molar-refractivity contribution in [3.63, 3.8) is 0 Å². The molecule has 0 aromatic heterocycles. The zero-order valence-corrected chi connectivity index (χ0v) is 19.7. The minimum absolute atomic E-state index is 0.375. The third-order valence-electron chi connectivity index (χ3n) is 4.89. The summed E-state index contributed by atoms with van der Waals surface area (Å²) in [6.45, 7) is 23.4. The van der Waals surface area contributed by atoms with E-state index in [2.05, 4.69) is 14.7 Å². The van der Waals surface area contributed by atoms with Crippen molar-refractivity contribution in [1.82, 2.24) is 14.7 Å². The fraction of sp³-hybridized carbons (Fsp3) is 0.955. The minimum atomic E-state index is 0.375. The van der Waals surface area contributed by atoms with Crippen molar-refractivity contribution in [3.8, 4) is 0 Å². The molecule has 2 aliphatic heterocycles. The molecule has 2 aliphatic rings. The smallest absolute Gasteiger partial charge is 0.146 e. The van der Waals surface area contributed by atoms with Crippen LogP contribution in [0.3, 0.4) is 0 Å². The molecule has 5 nitrogen and oxygen atoms in total. The fourth-order valence-electron chi connectivity index (χ4n) is 3.38. The van der Waals surface area contributed by atoms with Gasteiger partial charge in [-0.15, -0.1) is 0 Å². The van der Waals surface area contributed by atoms with E-state index in [0.717, 1.165) is 45.4 Å². The number of carbonyl (C=O) groups excluding carboxylic acids is 1. The van der Waals surface area contributed by atoms with Crippen LogP contribution in [-0.4, -0.2) is 92.6 Å². The molecule has 0 aliphatic carbocycles. The number of methoxy groups -OCH3 is 1. The van der Waals surface area contributed by atoms with Crippen molar-refractivity contribution in [2.75, 3.05) is 66.1 Å². The van der Waals surface area contributed by atoms with E-state index in [0.29, 0.717) is 18.7 Å². The number of likely N-dealkylation sites (tertiary alicyclic amines) is 1. The predicted molar refractivity (Wildman–Crippen MR) is 119 cm³/mol. The molecule has 0 saturated carbocycles. The number of ketones is 1. The Hall–Kier alpha value is -0.490. The van der Waals surface area contributed by atoms with Gasteiger partial charge in [-0.05, 0) is 12.8 Å². The topological polar surface area (TPSA) is 36.0 Å². The van der Waals surface area contributed by atoms with Gasteiger partial charge in [0.25, 0.3) is 0 Å². The Bertz CT molecular complexity index is 311. The summed E-state index contributed by atoms with van der Waals surface area (Å²) in [5.41, 5.74) is 0. The highest BCUT2D eigenvalue weighted by molar-refractivity contribution is 5.80. The largest absolute Gasteiger partial charge is 0.383 e. The third-order valence-corrected chi connectivity index (χ3v) is 4.89. The Kier molecular flexibility index (Phi) is 21.5. The van der Waals surface area contributed by atoms with E-state index in [1.807, 2.05) is 48.5 Å². The van der Waals surface area contributed by atoms with Crippen molar-refractivity contribution in [2.24, 2.45) is 0 Å². The minimum Gasteiger partial charge on any atom is -0.383 e. The van der Waals surface area contributed by atoms with E-state index in [1.165, 1.54) is 25.9 Å². The Morgan fingerprint density at radius 1 is 0.852 bits per heavy atom. The van der Waals surface area contributed by atoms with Gasteiger partial charge >= 0.3 is 0 Å². The Morgan fingerprint density at radius 2 is 1.37 bits per heavy atom. The van der Waals surface area contributed by atoms with Crippen molar-refractivity contribution >= 4 is 5.78 Å². The first-order valence-electron chi connectivity index (χ1n) is 11.4. The molecule has 164 valence electrons. The number of rotatable bonds is 7. The van der Waals surface area contributed by atoms with Gasteiger partial charge in [0.2, 0.25) is 0 Å². The van der Waals surface area contributed by atoms with E-state index in [-0.39, 0.29) is 0 Å². The predicted octanol–water partition coefficient (Wildman–Crippen LogP) is 3.77. The van der Waals surface area contributed by atoms with E-state index in [1.54, 1.807) is 7.11 Å². The molecule has 27 heavy (non-hydrogen) atoms. The summed E-state index contributed by atoms with van der Waals surface area (Å²) in [6, 6.07) is 0.725. The number of ether oxygens (including phenoxy) is 1. The number of carbonyl (C=O) groups is 1. The second-order valence-electron chi connectivity index (χ2n) is 6.27. The molecule has 2 fully saturated rings. The molecule has 0 bridgehead atoms. The van der Waals surface area contributed by atoms with Gasteiger partial charge in [-0.25, -0.2) is 0 Å². The van der Waals surface area contributed by atoms with Crippen LogP contribution in [0, 0.1) is 0 Å². The van der Waals surface area contributed by atoms with E-state index < -0.39 is 0 Å². The monoisotopic (exact) mass is 387 g/mol. The summed E-state index contributed by atoms with van der Waals surface area (Å²) in [4.78, 5) is 19.0. The normalized spacial score (nSPS) is 19.0. The van der Waals surface area contributed by atoms with Crippen molar-refractivity contribution in [1.29, 1.82) is 0 Å². The number of piperazine rings is 1. The Morgan fingerprint density at radius 3 is 1.81 bits per heavy atom. The molecule has 2 saturated heterocycles.